The zero-order chi connectivity index (χ0) is 28.4. The molecule has 0 aromatic carbocycles. The van der Waals surface area contributed by atoms with E-state index in [2.05, 4.69) is 21.3 Å². The fraction of sp³-hybridized carbons (Fsp3) is 0.619. The summed E-state index contributed by atoms with van der Waals surface area (Å²) in [5.41, 5.74) is 1.17. The van der Waals surface area contributed by atoms with E-state index < -0.39 is 24.3 Å². The Morgan fingerprint density at radius 2 is 1.62 bits per heavy atom. The largest absolute Gasteiger partial charge is 0.490 e. The van der Waals surface area contributed by atoms with Gasteiger partial charge in [-0.1, -0.05) is 6.07 Å². The summed E-state index contributed by atoms with van der Waals surface area (Å²) in [5, 5.41) is 17.3. The number of carbonyl (C=O) groups is 3. The molecule has 3 N–H and O–H groups in total. The molecule has 2 fully saturated rings. The fourth-order valence-electron chi connectivity index (χ4n) is 3.86. The predicted octanol–water partition coefficient (Wildman–Crippen LogP) is 2.33. The maximum absolute atomic E-state index is 12.1. The molecule has 1 spiro atoms. The number of nitrogens with one attached hydrogen (secondary N) is 1. The summed E-state index contributed by atoms with van der Waals surface area (Å²) in [6.45, 7) is 4.09. The van der Waals surface area contributed by atoms with Crippen LogP contribution >= 0.6 is 0 Å². The van der Waals surface area contributed by atoms with Crippen LogP contribution < -0.4 is 10.1 Å². The average Bonchev–Trinajstić information content (AvgIpc) is 3.11. The fourth-order valence-corrected chi connectivity index (χ4v) is 3.86. The molecule has 0 aliphatic carbocycles. The summed E-state index contributed by atoms with van der Waals surface area (Å²) in [6.07, 6.45) is -6.39. The monoisotopic (exact) mass is 547 g/mol. The van der Waals surface area contributed by atoms with Crippen LogP contribution in [0.25, 0.3) is 0 Å². The van der Waals surface area contributed by atoms with E-state index in [0.717, 1.165) is 44.6 Å². The number of rotatable bonds is 5. The van der Waals surface area contributed by atoms with Crippen LogP contribution in [0.3, 0.4) is 0 Å². The summed E-state index contributed by atoms with van der Waals surface area (Å²) < 4.78 is 74.1. The highest BCUT2D eigenvalue weighted by atomic mass is 19.4. The summed E-state index contributed by atoms with van der Waals surface area (Å²) in [5.74, 6) is -4.68. The van der Waals surface area contributed by atoms with Crippen LogP contribution in [-0.4, -0.2) is 90.8 Å². The van der Waals surface area contributed by atoms with E-state index in [-0.39, 0.29) is 17.2 Å². The van der Waals surface area contributed by atoms with E-state index in [1.807, 2.05) is 6.07 Å². The van der Waals surface area contributed by atoms with E-state index in [1.165, 1.54) is 0 Å². The molecule has 3 rings (SSSR count). The Morgan fingerprint density at radius 3 is 2.05 bits per heavy atom. The first kappa shape index (κ1) is 31.9. The van der Waals surface area contributed by atoms with Gasteiger partial charge in [0.15, 0.2) is 0 Å². The number of aromatic nitrogens is 1. The van der Waals surface area contributed by atoms with E-state index in [4.69, 9.17) is 29.3 Å². The first-order valence-electron chi connectivity index (χ1n) is 10.6. The number of likely N-dealkylation sites (tertiary alicyclic amines) is 1. The van der Waals surface area contributed by atoms with E-state index in [1.54, 1.807) is 20.4 Å². The van der Waals surface area contributed by atoms with E-state index in [0.29, 0.717) is 12.5 Å². The van der Waals surface area contributed by atoms with Crippen molar-refractivity contribution in [2.24, 2.45) is 11.3 Å². The van der Waals surface area contributed by atoms with Gasteiger partial charge in [0, 0.05) is 37.4 Å². The number of carbonyl (C=O) groups excluding carboxylic acids is 1. The average molecular weight is 547 g/mol. The Morgan fingerprint density at radius 1 is 1.11 bits per heavy atom. The number of hydrogen-bond acceptors (Lipinski definition) is 7. The van der Waals surface area contributed by atoms with Gasteiger partial charge in [0.25, 0.3) is 0 Å². The number of hydrogen-bond donors (Lipinski definition) is 3. The molecule has 1 atom stereocenters. The van der Waals surface area contributed by atoms with Crippen molar-refractivity contribution in [3.05, 3.63) is 23.9 Å². The van der Waals surface area contributed by atoms with Crippen molar-refractivity contribution in [1.29, 1.82) is 0 Å². The molecule has 16 heteroatoms. The van der Waals surface area contributed by atoms with Crippen LogP contribution in [0.15, 0.2) is 18.3 Å². The molecule has 1 amide bonds. The van der Waals surface area contributed by atoms with Gasteiger partial charge >= 0.3 is 24.3 Å². The molecule has 37 heavy (non-hydrogen) atoms. The number of pyridine rings is 1. The molecule has 1 aromatic heterocycles. The minimum Gasteiger partial charge on any atom is -0.481 e. The lowest BCUT2D eigenvalue weighted by Gasteiger charge is -2.41. The van der Waals surface area contributed by atoms with E-state index >= 15 is 0 Å². The van der Waals surface area contributed by atoms with Crippen molar-refractivity contribution in [1.82, 2.24) is 15.2 Å². The molecular weight excluding hydrogens is 520 g/mol. The third kappa shape index (κ3) is 9.68. The first-order valence-corrected chi connectivity index (χ1v) is 10.6. The highest BCUT2D eigenvalue weighted by Crippen LogP contribution is 2.42. The zero-order valence-corrected chi connectivity index (χ0v) is 19.9. The number of ether oxygens (including phenoxy) is 2. The topological polar surface area (TPSA) is 138 Å². The second-order valence-corrected chi connectivity index (χ2v) is 8.14. The number of carboxylic acid groups (broad SMARTS) is 2. The van der Waals surface area contributed by atoms with Gasteiger partial charge in [-0.2, -0.15) is 26.3 Å². The molecule has 1 unspecified atom stereocenters. The van der Waals surface area contributed by atoms with Crippen molar-refractivity contribution in [3.63, 3.8) is 0 Å². The Balaban J connectivity index is 0.000000404. The lowest BCUT2D eigenvalue weighted by molar-refractivity contribution is -0.193. The third-order valence-electron chi connectivity index (χ3n) is 5.78. The van der Waals surface area contributed by atoms with Gasteiger partial charge in [-0.15, -0.1) is 0 Å². The number of nitrogens with zero attached hydrogens (tertiary/aromatic N) is 2. The summed E-state index contributed by atoms with van der Waals surface area (Å²) in [6, 6.07) is 4.00. The van der Waals surface area contributed by atoms with Gasteiger partial charge in [0.1, 0.15) is 0 Å². The standard InChI is InChI=1S/C17H25N3O3.2C2HF3O2/c1-22-11-14-15(21)19-12-17(14)5-8-20(9-6-17)10-13-4-3-7-18-16(13)23-2;2*3-2(4,5)1(6)7/h3-4,7,14H,5-6,8-12H2,1-2H3,(H,19,21);2*(H,6,7). The summed E-state index contributed by atoms with van der Waals surface area (Å²) >= 11 is 0. The second kappa shape index (κ2) is 13.4. The molecule has 0 saturated carbocycles. The van der Waals surface area contributed by atoms with Crippen LogP contribution in [0.5, 0.6) is 5.88 Å². The lowest BCUT2D eigenvalue weighted by atomic mass is 9.71. The lowest BCUT2D eigenvalue weighted by Crippen LogP contribution is -2.45. The van der Waals surface area contributed by atoms with Gasteiger partial charge in [-0.05, 0) is 32.0 Å². The maximum atomic E-state index is 12.1. The maximum Gasteiger partial charge on any atom is 0.490 e. The Labute approximate surface area is 207 Å². The quantitative estimate of drug-likeness (QED) is 0.474. The number of alkyl halides is 6. The van der Waals surface area contributed by atoms with Crippen molar-refractivity contribution >= 4 is 17.8 Å². The van der Waals surface area contributed by atoms with Crippen molar-refractivity contribution in [3.8, 4) is 5.88 Å². The van der Waals surface area contributed by atoms with Gasteiger partial charge in [0.2, 0.25) is 11.8 Å². The second-order valence-electron chi connectivity index (χ2n) is 8.14. The normalized spacial score (nSPS) is 19.1. The molecule has 0 bridgehead atoms. The van der Waals surface area contributed by atoms with Crippen molar-refractivity contribution < 1.29 is 60.4 Å². The molecule has 0 radical (unpaired) electrons. The van der Waals surface area contributed by atoms with Crippen LogP contribution in [0.4, 0.5) is 26.3 Å². The van der Waals surface area contributed by atoms with Crippen LogP contribution in [0.1, 0.15) is 18.4 Å². The number of amides is 1. The smallest absolute Gasteiger partial charge is 0.481 e. The highest BCUT2D eigenvalue weighted by molar-refractivity contribution is 5.82. The number of halogens is 6. The Kier molecular flexibility index (Phi) is 11.6. The highest BCUT2D eigenvalue weighted by Gasteiger charge is 2.49. The molecule has 2 saturated heterocycles. The molecule has 3 heterocycles. The third-order valence-corrected chi connectivity index (χ3v) is 5.78. The van der Waals surface area contributed by atoms with Crippen LogP contribution in [0, 0.1) is 11.3 Å². The Bertz CT molecular complexity index is 895. The molecule has 10 nitrogen and oxygen atoms in total. The molecule has 2 aliphatic heterocycles. The molecule has 210 valence electrons. The van der Waals surface area contributed by atoms with Crippen molar-refractivity contribution in [2.45, 2.75) is 31.7 Å². The molecular formula is C21H27F6N3O7. The van der Waals surface area contributed by atoms with Crippen LogP contribution in [0.2, 0.25) is 0 Å². The van der Waals surface area contributed by atoms with E-state index in [9.17, 15) is 31.1 Å². The van der Waals surface area contributed by atoms with Crippen molar-refractivity contribution in [2.75, 3.05) is 40.5 Å². The number of piperidine rings is 1. The number of carboxylic acids is 2. The van der Waals surface area contributed by atoms with Gasteiger partial charge < -0.3 is 25.0 Å². The Hall–Kier alpha value is -3.14. The van der Waals surface area contributed by atoms with Crippen LogP contribution in [-0.2, 0) is 25.7 Å². The number of methoxy groups -OCH3 is 2. The summed E-state index contributed by atoms with van der Waals surface area (Å²) in [4.78, 5) is 36.5. The zero-order valence-electron chi connectivity index (χ0n) is 19.9. The molecule has 1 aromatic rings. The molecule has 2 aliphatic rings. The predicted molar refractivity (Wildman–Crippen MR) is 113 cm³/mol. The minimum absolute atomic E-state index is 0.0115. The SMILES string of the molecule is COCC1C(=O)NCC12CCN(Cc1cccnc1OC)CC2.O=C(O)C(F)(F)F.O=C(O)C(F)(F)F. The minimum atomic E-state index is -5.08. The van der Waals surface area contributed by atoms with Gasteiger partial charge in [0.05, 0.1) is 19.6 Å². The summed E-state index contributed by atoms with van der Waals surface area (Å²) in [7, 11) is 3.32. The number of aliphatic carboxylic acids is 2. The van der Waals surface area contributed by atoms with Gasteiger partial charge in [-0.3, -0.25) is 9.69 Å². The first-order chi connectivity index (χ1) is 17.1. The van der Waals surface area contributed by atoms with Gasteiger partial charge in [-0.25, -0.2) is 14.6 Å².